The van der Waals surface area contributed by atoms with E-state index >= 15 is 0 Å². The summed E-state index contributed by atoms with van der Waals surface area (Å²) in [6, 6.07) is 10.6. The van der Waals surface area contributed by atoms with Gasteiger partial charge in [0.25, 0.3) is 0 Å². The van der Waals surface area contributed by atoms with Crippen LogP contribution in [0.4, 0.5) is 5.82 Å². The molecule has 0 saturated carbocycles. The number of aryl methyl sites for hydroxylation is 1. The fourth-order valence-electron chi connectivity index (χ4n) is 3.67. The molecule has 1 atom stereocenters. The van der Waals surface area contributed by atoms with Crippen molar-refractivity contribution in [3.8, 4) is 6.07 Å². The second-order valence-corrected chi connectivity index (χ2v) is 8.28. The van der Waals surface area contributed by atoms with Gasteiger partial charge in [-0.2, -0.15) is 5.26 Å². The maximum Gasteiger partial charge on any atom is 0.128 e. The number of hydrogen-bond donors (Lipinski definition) is 0. The summed E-state index contributed by atoms with van der Waals surface area (Å²) in [5, 5.41) is 9.18. The number of rotatable bonds is 7. The summed E-state index contributed by atoms with van der Waals surface area (Å²) >= 11 is 1.81. The third-order valence-electron chi connectivity index (χ3n) is 5.32. The van der Waals surface area contributed by atoms with Crippen molar-refractivity contribution < 1.29 is 0 Å². The predicted molar refractivity (Wildman–Crippen MR) is 109 cm³/mol. The third kappa shape index (κ3) is 4.63. The summed E-state index contributed by atoms with van der Waals surface area (Å²) in [5.74, 6) is 1.69. The summed E-state index contributed by atoms with van der Waals surface area (Å²) < 4.78 is 0. The van der Waals surface area contributed by atoms with E-state index in [1.54, 1.807) is 11.3 Å². The smallest absolute Gasteiger partial charge is 0.128 e. The quantitative estimate of drug-likeness (QED) is 0.726. The van der Waals surface area contributed by atoms with Gasteiger partial charge >= 0.3 is 0 Å². The zero-order valence-electron chi connectivity index (χ0n) is 15.8. The minimum Gasteiger partial charge on any atom is -0.354 e. The summed E-state index contributed by atoms with van der Waals surface area (Å²) in [6.45, 7) is 9.84. The first-order valence-electron chi connectivity index (χ1n) is 9.60. The van der Waals surface area contributed by atoms with Gasteiger partial charge in [-0.25, -0.2) is 4.98 Å². The molecule has 0 aromatic carbocycles. The molecule has 0 radical (unpaired) electrons. The van der Waals surface area contributed by atoms with Crippen LogP contribution in [-0.2, 0) is 0 Å². The molecule has 0 spiro atoms. The minimum absolute atomic E-state index is 0.593. The average Bonchev–Trinajstić information content (AvgIpc) is 3.07. The maximum atomic E-state index is 9.18. The largest absolute Gasteiger partial charge is 0.354 e. The van der Waals surface area contributed by atoms with Crippen LogP contribution in [0.15, 0.2) is 30.5 Å². The van der Waals surface area contributed by atoms with E-state index in [0.717, 1.165) is 48.9 Å². The maximum absolute atomic E-state index is 9.18. The highest BCUT2D eigenvalue weighted by Crippen LogP contribution is 2.33. The van der Waals surface area contributed by atoms with Crippen LogP contribution in [0.1, 0.15) is 47.4 Å². The molecule has 1 saturated heterocycles. The van der Waals surface area contributed by atoms with Gasteiger partial charge in [0.2, 0.25) is 0 Å². The number of nitriles is 1. The first-order valence-corrected chi connectivity index (χ1v) is 10.4. The normalized spacial score (nSPS) is 16.4. The molecule has 0 aliphatic carbocycles. The molecule has 2 aromatic rings. The van der Waals surface area contributed by atoms with E-state index in [9.17, 15) is 5.26 Å². The van der Waals surface area contributed by atoms with E-state index < -0.39 is 0 Å². The lowest BCUT2D eigenvalue weighted by Crippen LogP contribution is -2.46. The van der Waals surface area contributed by atoms with Crippen molar-refractivity contribution in [1.29, 1.82) is 5.26 Å². The molecule has 5 heteroatoms. The fraction of sp³-hybridized carbons (Fsp3) is 0.524. The number of hydrogen-bond acceptors (Lipinski definition) is 5. The Morgan fingerprint density at radius 3 is 2.69 bits per heavy atom. The summed E-state index contributed by atoms with van der Waals surface area (Å²) in [7, 11) is 0. The Kier molecular flexibility index (Phi) is 6.65. The molecule has 1 fully saturated rings. The average molecular weight is 369 g/mol. The second kappa shape index (κ2) is 9.16. The summed E-state index contributed by atoms with van der Waals surface area (Å²) in [6.07, 6.45) is 5.46. The highest BCUT2D eigenvalue weighted by Gasteiger charge is 2.19. The topological polar surface area (TPSA) is 43.2 Å². The number of anilines is 1. The van der Waals surface area contributed by atoms with Gasteiger partial charge in [0.1, 0.15) is 11.9 Å². The molecule has 1 aliphatic rings. The molecular weight excluding hydrogens is 340 g/mol. The zero-order valence-corrected chi connectivity index (χ0v) is 16.6. The molecule has 1 unspecified atom stereocenters. The van der Waals surface area contributed by atoms with Gasteiger partial charge < -0.3 is 4.90 Å². The van der Waals surface area contributed by atoms with Crippen LogP contribution in [-0.4, -0.2) is 42.6 Å². The molecule has 2 aromatic heterocycles. The van der Waals surface area contributed by atoms with E-state index in [0.29, 0.717) is 5.92 Å². The zero-order chi connectivity index (χ0) is 18.4. The number of thiophene rings is 1. The predicted octanol–water partition coefficient (Wildman–Crippen LogP) is 4.42. The van der Waals surface area contributed by atoms with Crippen LogP contribution < -0.4 is 4.90 Å². The van der Waals surface area contributed by atoms with Crippen LogP contribution in [0.3, 0.4) is 0 Å². The highest BCUT2D eigenvalue weighted by molar-refractivity contribution is 7.12. The van der Waals surface area contributed by atoms with Gasteiger partial charge in [-0.1, -0.05) is 13.0 Å². The van der Waals surface area contributed by atoms with E-state index in [4.69, 9.17) is 0 Å². The van der Waals surface area contributed by atoms with Crippen molar-refractivity contribution >= 4 is 17.2 Å². The van der Waals surface area contributed by atoms with E-state index in [1.165, 1.54) is 24.3 Å². The second-order valence-electron chi connectivity index (χ2n) is 6.99. The van der Waals surface area contributed by atoms with Crippen molar-refractivity contribution in [1.82, 2.24) is 9.88 Å². The van der Waals surface area contributed by atoms with Crippen molar-refractivity contribution in [2.24, 2.45) is 0 Å². The van der Waals surface area contributed by atoms with Crippen molar-refractivity contribution in [3.63, 3.8) is 0 Å². The van der Waals surface area contributed by atoms with E-state index in [-0.39, 0.29) is 0 Å². The standard InChI is InChI=1S/C21H28N4S/c1-3-18(20-15-19(16-22)17(2)26-20)7-6-10-24-11-13-25(14-12-24)21-8-4-5-9-23-21/h4-5,8-9,15,18H,3,6-7,10-14H2,1-2H3. The molecule has 3 rings (SSSR count). The summed E-state index contributed by atoms with van der Waals surface area (Å²) in [4.78, 5) is 12.0. The molecule has 0 N–H and O–H groups in total. The van der Waals surface area contributed by atoms with Crippen molar-refractivity contribution in [2.75, 3.05) is 37.6 Å². The number of aromatic nitrogens is 1. The lowest BCUT2D eigenvalue weighted by atomic mass is 9.97. The number of nitrogens with zero attached hydrogens (tertiary/aromatic N) is 4. The first kappa shape index (κ1) is 18.9. The van der Waals surface area contributed by atoms with Gasteiger partial charge in [-0.3, -0.25) is 4.90 Å². The molecule has 3 heterocycles. The van der Waals surface area contributed by atoms with Crippen LogP contribution >= 0.6 is 11.3 Å². The Labute approximate surface area is 161 Å². The number of piperazine rings is 1. The van der Waals surface area contributed by atoms with Gasteiger partial charge in [0.05, 0.1) is 5.56 Å². The van der Waals surface area contributed by atoms with Gasteiger partial charge in [0.15, 0.2) is 0 Å². The van der Waals surface area contributed by atoms with Gasteiger partial charge in [0, 0.05) is 42.1 Å². The molecule has 0 amide bonds. The monoisotopic (exact) mass is 368 g/mol. The molecule has 26 heavy (non-hydrogen) atoms. The van der Waals surface area contributed by atoms with Gasteiger partial charge in [-0.05, 0) is 56.8 Å². The summed E-state index contributed by atoms with van der Waals surface area (Å²) in [5.41, 5.74) is 0.856. The lowest BCUT2D eigenvalue weighted by molar-refractivity contribution is 0.250. The van der Waals surface area contributed by atoms with Crippen LogP contribution in [0.25, 0.3) is 0 Å². The Bertz CT molecular complexity index is 726. The Morgan fingerprint density at radius 1 is 1.27 bits per heavy atom. The van der Waals surface area contributed by atoms with Crippen LogP contribution in [0, 0.1) is 18.3 Å². The molecule has 0 bridgehead atoms. The molecule has 1 aliphatic heterocycles. The van der Waals surface area contributed by atoms with E-state index in [2.05, 4.69) is 52.9 Å². The highest BCUT2D eigenvalue weighted by atomic mass is 32.1. The molecular formula is C21H28N4S. The lowest BCUT2D eigenvalue weighted by Gasteiger charge is -2.35. The van der Waals surface area contributed by atoms with Crippen molar-refractivity contribution in [2.45, 2.75) is 39.0 Å². The Hall–Kier alpha value is -1.90. The SMILES string of the molecule is CCC(CCCN1CCN(c2ccccn2)CC1)c1cc(C#N)c(C)s1. The Morgan fingerprint density at radius 2 is 2.08 bits per heavy atom. The Balaban J connectivity index is 1.44. The number of pyridine rings is 1. The first-order chi connectivity index (χ1) is 12.7. The van der Waals surface area contributed by atoms with Crippen LogP contribution in [0.2, 0.25) is 0 Å². The fourth-order valence-corrected chi connectivity index (χ4v) is 4.86. The minimum atomic E-state index is 0.593. The van der Waals surface area contributed by atoms with Crippen molar-refractivity contribution in [3.05, 3.63) is 45.8 Å². The molecule has 138 valence electrons. The van der Waals surface area contributed by atoms with Gasteiger partial charge in [-0.15, -0.1) is 11.3 Å². The van der Waals surface area contributed by atoms with Crippen LogP contribution in [0.5, 0.6) is 0 Å². The third-order valence-corrected chi connectivity index (χ3v) is 6.54. The van der Waals surface area contributed by atoms with E-state index in [1.807, 2.05) is 12.3 Å². The molecule has 4 nitrogen and oxygen atoms in total.